The molecule has 1 rings (SSSR count). The van der Waals surface area contributed by atoms with Crippen molar-refractivity contribution in [2.45, 2.75) is 0 Å². The molecule has 0 aliphatic carbocycles. The van der Waals surface area contributed by atoms with E-state index in [0.29, 0.717) is 0 Å². The quantitative estimate of drug-likeness (QED) is 0.230. The summed E-state index contributed by atoms with van der Waals surface area (Å²) >= 11 is 0. The van der Waals surface area contributed by atoms with Crippen molar-refractivity contribution in [1.29, 1.82) is 0 Å². The molecule has 2 nitrogen and oxygen atoms in total. The second-order valence-corrected chi connectivity index (χ2v) is 0.612. The summed E-state index contributed by atoms with van der Waals surface area (Å²) in [7, 11) is 0. The summed E-state index contributed by atoms with van der Waals surface area (Å²) < 4.78 is 4.50. The van der Waals surface area contributed by atoms with Crippen molar-refractivity contribution in [3.05, 3.63) is 0 Å². The van der Waals surface area contributed by atoms with Gasteiger partial charge in [-0.05, 0) is 0 Å². The van der Waals surface area contributed by atoms with Crippen molar-refractivity contribution in [3.63, 3.8) is 0 Å². The molecule has 3 heteroatoms. The monoisotopic (exact) mass is 84.0 g/mol. The van der Waals surface area contributed by atoms with Crippen LogP contribution in [0.2, 0.25) is 0 Å². The summed E-state index contributed by atoms with van der Waals surface area (Å²) in [5.41, 5.74) is 0. The van der Waals surface area contributed by atoms with E-state index in [1.807, 2.05) is 0 Å². The predicted octanol–water partition coefficient (Wildman–Crippen LogP) is -3.16. The minimum absolute atomic E-state index is 0. The van der Waals surface area contributed by atoms with Gasteiger partial charge in [-0.25, -0.2) is 0 Å². The van der Waals surface area contributed by atoms with Crippen molar-refractivity contribution in [2.75, 3.05) is 13.2 Å². The van der Waals surface area contributed by atoms with Gasteiger partial charge in [0.05, 0.1) is 13.2 Å². The number of rotatable bonds is 0. The minimum atomic E-state index is 0. The maximum atomic E-state index is 4.50. The Morgan fingerprint density at radius 2 is 1.40 bits per heavy atom. The van der Waals surface area contributed by atoms with E-state index in [9.17, 15) is 0 Å². The summed E-state index contributed by atoms with van der Waals surface area (Å²) in [4.78, 5) is 0. The van der Waals surface area contributed by atoms with Gasteiger partial charge in [-0.2, -0.15) is 0 Å². The third-order valence-electron chi connectivity index (χ3n) is 0.204. The van der Waals surface area contributed by atoms with Gasteiger partial charge in [0.25, 0.3) is 0 Å². The summed E-state index contributed by atoms with van der Waals surface area (Å²) in [6, 6.07) is 0. The Hall–Kier alpha value is 0.920. The zero-order chi connectivity index (χ0) is 2.12. The van der Waals surface area contributed by atoms with E-state index in [2.05, 4.69) is 4.74 Å². The van der Waals surface area contributed by atoms with Crippen LogP contribution in [0.5, 0.6) is 0 Å². The number of hydrogen-bond acceptors (Lipinski definition) is 2. The molecule has 1 fully saturated rings. The first-order chi connectivity index (χ1) is 1.50. The van der Waals surface area contributed by atoms with E-state index in [1.165, 1.54) is 0 Å². The van der Waals surface area contributed by atoms with Crippen LogP contribution in [0.1, 0.15) is 0 Å². The van der Waals surface area contributed by atoms with Crippen LogP contribution in [0.15, 0.2) is 0 Å². The van der Waals surface area contributed by atoms with E-state index in [0.717, 1.165) is 13.2 Å². The van der Waals surface area contributed by atoms with Crippen LogP contribution in [-0.2, 0) is 4.74 Å². The van der Waals surface area contributed by atoms with Crippen LogP contribution in [0.25, 0.3) is 0 Å². The van der Waals surface area contributed by atoms with Crippen LogP contribution in [0.3, 0.4) is 0 Å². The van der Waals surface area contributed by atoms with Crippen LogP contribution in [0.4, 0.5) is 0 Å². The molecule has 0 aromatic carbocycles. The molecule has 1 heterocycles. The molecule has 0 amide bonds. The molecule has 1 aliphatic rings. The SMILES string of the molecule is C1CO1.[Na+].[OH-]. The topological polar surface area (TPSA) is 42.5 Å². The van der Waals surface area contributed by atoms with E-state index >= 15 is 0 Å². The van der Waals surface area contributed by atoms with Crippen molar-refractivity contribution < 1.29 is 39.8 Å². The molecular formula is C2H5NaO2. The first kappa shape index (κ1) is 9.33. The fourth-order valence-corrected chi connectivity index (χ4v) is 0. The van der Waals surface area contributed by atoms with E-state index in [1.54, 1.807) is 0 Å². The van der Waals surface area contributed by atoms with Crippen molar-refractivity contribution in [2.24, 2.45) is 0 Å². The second-order valence-electron chi connectivity index (χ2n) is 0.612. The molecule has 5 heavy (non-hydrogen) atoms. The standard InChI is InChI=1S/C2H4O.Na.H2O/c1-2-3-1;;/h1-2H2;;1H2/q;+1;/p-1. The average Bonchev–Trinajstić information content (AvgIpc) is 1.46. The van der Waals surface area contributed by atoms with Crippen molar-refractivity contribution in [1.82, 2.24) is 0 Å². The molecule has 1 saturated heterocycles. The van der Waals surface area contributed by atoms with Crippen molar-refractivity contribution in [3.8, 4) is 0 Å². The fourth-order valence-electron chi connectivity index (χ4n) is 0. The van der Waals surface area contributed by atoms with Gasteiger partial charge in [0, 0.05) is 0 Å². The Morgan fingerprint density at radius 3 is 1.40 bits per heavy atom. The number of epoxide rings is 1. The molecule has 0 spiro atoms. The third kappa shape index (κ3) is 11.4. The molecule has 1 aliphatic heterocycles. The Labute approximate surface area is 53.1 Å². The number of ether oxygens (including phenoxy) is 1. The zero-order valence-corrected chi connectivity index (χ0v) is 5.27. The summed E-state index contributed by atoms with van der Waals surface area (Å²) in [5.74, 6) is 0. The summed E-state index contributed by atoms with van der Waals surface area (Å²) in [6.07, 6.45) is 0. The molecule has 0 aromatic heterocycles. The second kappa shape index (κ2) is 4.92. The first-order valence-electron chi connectivity index (χ1n) is 1.08. The minimum Gasteiger partial charge on any atom is -0.870 e. The fraction of sp³-hybridized carbons (Fsp3) is 1.00. The first-order valence-corrected chi connectivity index (χ1v) is 1.08. The van der Waals surface area contributed by atoms with Gasteiger partial charge in [-0.1, -0.05) is 0 Å². The van der Waals surface area contributed by atoms with Gasteiger partial charge >= 0.3 is 29.6 Å². The Balaban J connectivity index is 0. The van der Waals surface area contributed by atoms with Crippen LogP contribution < -0.4 is 29.6 Å². The molecule has 0 saturated carbocycles. The largest absolute Gasteiger partial charge is 1.00 e. The molecule has 0 bridgehead atoms. The molecular weight excluding hydrogens is 79.0 g/mol. The Morgan fingerprint density at radius 1 is 1.20 bits per heavy atom. The predicted molar refractivity (Wildman–Crippen MR) is 12.8 cm³/mol. The smallest absolute Gasteiger partial charge is 0.870 e. The maximum Gasteiger partial charge on any atom is 1.00 e. The third-order valence-corrected chi connectivity index (χ3v) is 0.204. The maximum absolute atomic E-state index is 4.50. The zero-order valence-electron chi connectivity index (χ0n) is 3.27. The molecule has 0 atom stereocenters. The molecule has 0 unspecified atom stereocenters. The average molecular weight is 84.0 g/mol. The van der Waals surface area contributed by atoms with Crippen LogP contribution >= 0.6 is 0 Å². The number of hydrogen-bond donors (Lipinski definition) is 0. The van der Waals surface area contributed by atoms with Gasteiger partial charge in [-0.3, -0.25) is 0 Å². The van der Waals surface area contributed by atoms with Crippen molar-refractivity contribution >= 4 is 0 Å². The normalized spacial score (nSPS) is 14.4. The van der Waals surface area contributed by atoms with E-state index in [-0.39, 0.29) is 35.0 Å². The van der Waals surface area contributed by atoms with Gasteiger partial charge in [-0.15, -0.1) is 0 Å². The van der Waals surface area contributed by atoms with E-state index < -0.39 is 0 Å². The van der Waals surface area contributed by atoms with Gasteiger partial charge < -0.3 is 10.2 Å². The molecule has 0 radical (unpaired) electrons. The Kier molecular flexibility index (Phi) is 9.18. The van der Waals surface area contributed by atoms with Gasteiger partial charge in [0.15, 0.2) is 0 Å². The summed E-state index contributed by atoms with van der Waals surface area (Å²) in [6.45, 7) is 2.00. The van der Waals surface area contributed by atoms with Gasteiger partial charge in [0.1, 0.15) is 0 Å². The molecule has 1 N–H and O–H groups in total. The van der Waals surface area contributed by atoms with Gasteiger partial charge in [0.2, 0.25) is 0 Å². The van der Waals surface area contributed by atoms with E-state index in [4.69, 9.17) is 0 Å². The summed E-state index contributed by atoms with van der Waals surface area (Å²) in [5, 5.41) is 0. The molecule has 26 valence electrons. The van der Waals surface area contributed by atoms with Crippen LogP contribution in [-0.4, -0.2) is 18.7 Å². The van der Waals surface area contributed by atoms with Crippen LogP contribution in [0, 0.1) is 0 Å². The Bertz CT molecular complexity index is 12.4. The molecule has 0 aromatic rings.